The molecule has 2 amide bonds. The van der Waals surface area contributed by atoms with Gasteiger partial charge in [0.2, 0.25) is 5.91 Å². The van der Waals surface area contributed by atoms with Crippen LogP contribution in [0.15, 0.2) is 51.7 Å². The van der Waals surface area contributed by atoms with E-state index in [9.17, 15) is 24.6 Å². The van der Waals surface area contributed by atoms with Crippen molar-refractivity contribution in [3.8, 4) is 11.5 Å². The first-order chi connectivity index (χ1) is 21.8. The Bertz CT molecular complexity index is 1600. The Balaban J connectivity index is 1.29. The number of benzene rings is 2. The van der Waals surface area contributed by atoms with E-state index in [0.717, 1.165) is 69.1 Å². The largest absolute Gasteiger partial charge is 0.504 e. The molecule has 248 valence electrons. The highest BCUT2D eigenvalue weighted by Gasteiger charge is 2.48. The summed E-state index contributed by atoms with van der Waals surface area (Å²) in [6.07, 6.45) is 8.66. The highest BCUT2D eigenvalue weighted by Crippen LogP contribution is 2.46. The minimum Gasteiger partial charge on any atom is -0.504 e. The summed E-state index contributed by atoms with van der Waals surface area (Å²) in [7, 11) is 0. The second kappa shape index (κ2) is 14.1. The third-order valence-electron chi connectivity index (χ3n) is 9.65. The monoisotopic (exact) mass is 651 g/mol. The molecule has 46 heavy (non-hydrogen) atoms. The molecular formula is C36H46ClN3O6. The van der Waals surface area contributed by atoms with Crippen LogP contribution in [0.2, 0.25) is 5.02 Å². The maximum atomic E-state index is 13.8. The fourth-order valence-corrected chi connectivity index (χ4v) is 7.26. The average molecular weight is 652 g/mol. The van der Waals surface area contributed by atoms with E-state index in [1.165, 1.54) is 19.3 Å². The molecule has 3 aromatic rings. The number of rotatable bonds is 9. The van der Waals surface area contributed by atoms with E-state index in [4.69, 9.17) is 16.0 Å². The molecule has 2 aliphatic rings. The topological polar surface area (TPSA) is 132 Å². The molecule has 1 aliphatic heterocycles. The molecule has 9 nitrogen and oxygen atoms in total. The van der Waals surface area contributed by atoms with Gasteiger partial charge in [-0.3, -0.25) is 14.4 Å². The predicted octanol–water partition coefficient (Wildman–Crippen LogP) is 6.17. The molecule has 2 heterocycles. The third-order valence-corrected chi connectivity index (χ3v) is 9.90. The Morgan fingerprint density at radius 1 is 1.02 bits per heavy atom. The summed E-state index contributed by atoms with van der Waals surface area (Å²) >= 11 is 6.11. The molecule has 1 saturated carbocycles. The lowest BCUT2D eigenvalue weighted by Gasteiger charge is -2.47. The minimum absolute atomic E-state index is 0.00691. The molecule has 0 spiro atoms. The number of halogens is 1. The van der Waals surface area contributed by atoms with Crippen LogP contribution in [0.5, 0.6) is 11.5 Å². The van der Waals surface area contributed by atoms with Crippen molar-refractivity contribution in [1.82, 2.24) is 15.5 Å². The van der Waals surface area contributed by atoms with Crippen LogP contribution >= 0.6 is 11.6 Å². The Kier molecular flexibility index (Phi) is 10.3. The van der Waals surface area contributed by atoms with Crippen molar-refractivity contribution < 1.29 is 24.2 Å². The molecule has 4 N–H and O–H groups in total. The summed E-state index contributed by atoms with van der Waals surface area (Å²) in [5.41, 5.74) is -0.118. The van der Waals surface area contributed by atoms with E-state index in [2.05, 4.69) is 15.5 Å². The Morgan fingerprint density at radius 3 is 2.33 bits per heavy atom. The number of phenols is 2. The van der Waals surface area contributed by atoms with Gasteiger partial charge in [-0.25, -0.2) is 0 Å². The van der Waals surface area contributed by atoms with Crippen LogP contribution in [-0.2, 0) is 11.2 Å². The Hall–Kier alpha value is -3.56. The van der Waals surface area contributed by atoms with Gasteiger partial charge in [-0.15, -0.1) is 0 Å². The van der Waals surface area contributed by atoms with Crippen LogP contribution in [0.3, 0.4) is 0 Å². The summed E-state index contributed by atoms with van der Waals surface area (Å²) in [6, 6.07) is 10.6. The summed E-state index contributed by atoms with van der Waals surface area (Å²) in [5.74, 6) is -1.00. The van der Waals surface area contributed by atoms with Gasteiger partial charge in [0.15, 0.2) is 22.7 Å². The van der Waals surface area contributed by atoms with E-state index in [-0.39, 0.29) is 39.6 Å². The molecule has 1 aromatic heterocycles. The zero-order valence-corrected chi connectivity index (χ0v) is 27.8. The van der Waals surface area contributed by atoms with Crippen molar-refractivity contribution in [2.75, 3.05) is 19.6 Å². The molecule has 2 fully saturated rings. The van der Waals surface area contributed by atoms with Crippen molar-refractivity contribution in [2.24, 2.45) is 11.3 Å². The average Bonchev–Trinajstić information content (AvgIpc) is 3.01. The first kappa shape index (κ1) is 33.8. The fraction of sp³-hybridized carbons (Fsp3) is 0.528. The summed E-state index contributed by atoms with van der Waals surface area (Å²) in [6.45, 7) is 8.48. The van der Waals surface area contributed by atoms with Crippen LogP contribution in [0, 0.1) is 11.3 Å². The highest BCUT2D eigenvalue weighted by molar-refractivity contribution is 6.30. The number of hydrogen-bond acceptors (Lipinski definition) is 7. The third kappa shape index (κ3) is 8.04. The lowest BCUT2D eigenvalue weighted by Crippen LogP contribution is -2.56. The van der Waals surface area contributed by atoms with Crippen molar-refractivity contribution in [1.29, 1.82) is 0 Å². The van der Waals surface area contributed by atoms with Crippen LogP contribution in [0.25, 0.3) is 11.0 Å². The molecule has 1 atom stereocenters. The zero-order valence-electron chi connectivity index (χ0n) is 27.0. The van der Waals surface area contributed by atoms with Crippen molar-refractivity contribution in [3.05, 3.63) is 69.0 Å². The lowest BCUT2D eigenvalue weighted by atomic mass is 9.63. The minimum atomic E-state index is -0.542. The van der Waals surface area contributed by atoms with Gasteiger partial charge in [0.25, 0.3) is 5.91 Å². The van der Waals surface area contributed by atoms with Gasteiger partial charge < -0.3 is 30.2 Å². The van der Waals surface area contributed by atoms with Crippen molar-refractivity contribution in [3.63, 3.8) is 0 Å². The van der Waals surface area contributed by atoms with Gasteiger partial charge in [0.05, 0.1) is 10.8 Å². The summed E-state index contributed by atoms with van der Waals surface area (Å²) < 4.78 is 5.69. The molecule has 0 radical (unpaired) electrons. The molecule has 1 saturated heterocycles. The molecule has 10 heteroatoms. The zero-order chi connectivity index (χ0) is 33.1. The SMILES string of the molecule is CC(C)(C)NC(=O)C1(C2CCCCC2)CCN(CC[C@H](Cc2ccc(Cl)cc2)NC(=O)c2cc(=O)c3cc(O)c(O)cc3o2)CC1. The second-order valence-electron chi connectivity index (χ2n) is 14.1. The first-order valence-electron chi connectivity index (χ1n) is 16.4. The number of nitrogens with zero attached hydrogens (tertiary/aromatic N) is 1. The van der Waals surface area contributed by atoms with E-state index < -0.39 is 22.8 Å². The van der Waals surface area contributed by atoms with Gasteiger partial charge in [0.1, 0.15) is 5.58 Å². The van der Waals surface area contributed by atoms with Crippen molar-refractivity contribution in [2.45, 2.75) is 90.1 Å². The van der Waals surface area contributed by atoms with Crippen LogP contribution < -0.4 is 16.1 Å². The Morgan fingerprint density at radius 2 is 1.67 bits per heavy atom. The van der Waals surface area contributed by atoms with E-state index in [0.29, 0.717) is 23.8 Å². The molecule has 2 aromatic carbocycles. The number of amides is 2. The van der Waals surface area contributed by atoms with Gasteiger partial charge in [-0.2, -0.15) is 0 Å². The number of phenolic OH excluding ortho intramolecular Hbond substituents is 2. The lowest BCUT2D eigenvalue weighted by molar-refractivity contribution is -0.141. The number of piperidine rings is 1. The summed E-state index contributed by atoms with van der Waals surface area (Å²) in [4.78, 5) is 42.3. The van der Waals surface area contributed by atoms with Gasteiger partial charge in [-0.05, 0) is 102 Å². The van der Waals surface area contributed by atoms with Crippen LogP contribution in [-0.4, -0.2) is 58.1 Å². The standard InChI is InChI=1S/C36H46ClN3O6/c1-35(2,3)39-34(45)36(24-7-5-4-6-8-24)14-17-40(18-15-36)16-13-26(19-23-9-11-25(37)12-10-23)38-33(44)32-21-28(41)27-20-29(42)30(43)22-31(27)46-32/h9-12,20-22,24,26,42-43H,4-8,13-19H2,1-3H3,(H,38,44)(H,39,45)/t26-/m1/s1. The van der Waals surface area contributed by atoms with Crippen molar-refractivity contribution >= 4 is 34.4 Å². The summed E-state index contributed by atoms with van der Waals surface area (Å²) in [5, 5.41) is 26.7. The number of fused-ring (bicyclic) bond motifs is 1. The van der Waals surface area contributed by atoms with Gasteiger partial charge in [-0.1, -0.05) is 43.0 Å². The quantitative estimate of drug-likeness (QED) is 0.204. The maximum absolute atomic E-state index is 13.8. The smallest absolute Gasteiger partial charge is 0.287 e. The molecule has 0 unspecified atom stereocenters. The molecule has 0 bridgehead atoms. The fourth-order valence-electron chi connectivity index (χ4n) is 7.13. The maximum Gasteiger partial charge on any atom is 0.287 e. The van der Waals surface area contributed by atoms with Gasteiger partial charge >= 0.3 is 0 Å². The molecule has 5 rings (SSSR count). The van der Waals surface area contributed by atoms with E-state index >= 15 is 0 Å². The number of likely N-dealkylation sites (tertiary alicyclic amines) is 1. The first-order valence-corrected chi connectivity index (χ1v) is 16.8. The van der Waals surface area contributed by atoms with Crippen LogP contribution in [0.1, 0.15) is 88.3 Å². The van der Waals surface area contributed by atoms with E-state index in [1.807, 2.05) is 45.0 Å². The second-order valence-corrected chi connectivity index (χ2v) is 14.6. The number of carbonyl (C=O) groups excluding carboxylic acids is 2. The van der Waals surface area contributed by atoms with Gasteiger partial charge in [0, 0.05) is 35.3 Å². The highest BCUT2D eigenvalue weighted by atomic mass is 35.5. The number of hydrogen-bond donors (Lipinski definition) is 4. The normalized spacial score (nSPS) is 18.3. The number of aromatic hydroxyl groups is 2. The Labute approximate surface area is 275 Å². The number of carbonyl (C=O) groups is 2. The van der Waals surface area contributed by atoms with Crippen LogP contribution in [0.4, 0.5) is 0 Å². The molecular weight excluding hydrogens is 606 g/mol. The molecule has 1 aliphatic carbocycles. The predicted molar refractivity (Wildman–Crippen MR) is 179 cm³/mol. The number of nitrogens with one attached hydrogen (secondary N) is 2. The van der Waals surface area contributed by atoms with E-state index in [1.54, 1.807) is 0 Å².